The molecule has 0 amide bonds. The maximum Gasteiger partial charge on any atom is 0.0613 e. The van der Waals surface area contributed by atoms with Crippen LogP contribution in [0.1, 0.15) is 32.3 Å². The van der Waals surface area contributed by atoms with Crippen molar-refractivity contribution in [1.82, 2.24) is 5.32 Å². The lowest BCUT2D eigenvalue weighted by atomic mass is 9.94. The summed E-state index contributed by atoms with van der Waals surface area (Å²) >= 11 is 0. The van der Waals surface area contributed by atoms with Crippen LogP contribution in [-0.4, -0.2) is 23.8 Å². The Morgan fingerprint density at radius 2 is 1.82 bits per heavy atom. The van der Waals surface area contributed by atoms with Gasteiger partial charge < -0.3 is 10.4 Å². The molecule has 0 aromatic heterocycles. The average molecular weight is 233 g/mol. The van der Waals surface area contributed by atoms with Gasteiger partial charge in [0.2, 0.25) is 0 Å². The molecule has 0 fully saturated rings. The van der Waals surface area contributed by atoms with Gasteiger partial charge in [0.05, 0.1) is 6.61 Å². The summed E-state index contributed by atoms with van der Waals surface area (Å²) in [6.45, 7) is 5.19. The van der Waals surface area contributed by atoms with Crippen molar-refractivity contribution in [2.24, 2.45) is 0 Å². The zero-order chi connectivity index (χ0) is 12.6. The molecule has 0 unspecified atom stereocenters. The first-order chi connectivity index (χ1) is 8.26. The molecule has 0 saturated heterocycles. The highest BCUT2D eigenvalue weighted by atomic mass is 16.3. The van der Waals surface area contributed by atoms with Gasteiger partial charge in [0.15, 0.2) is 0 Å². The lowest BCUT2D eigenvalue weighted by molar-refractivity contribution is 0.155. The minimum atomic E-state index is -0.124. The lowest BCUT2D eigenvalue weighted by Crippen LogP contribution is -2.47. The summed E-state index contributed by atoms with van der Waals surface area (Å²) in [5.41, 5.74) is 1.08. The Labute approximate surface area is 104 Å². The third-order valence-electron chi connectivity index (χ3n) is 3.36. The SMILES string of the molecule is CCC(CC)(CO)NC/C=C/c1ccccc1. The van der Waals surface area contributed by atoms with Crippen molar-refractivity contribution < 1.29 is 5.11 Å². The second-order valence-electron chi connectivity index (χ2n) is 4.34. The fourth-order valence-electron chi connectivity index (χ4n) is 1.81. The first-order valence-corrected chi connectivity index (χ1v) is 6.34. The van der Waals surface area contributed by atoms with Crippen molar-refractivity contribution in [3.05, 3.63) is 42.0 Å². The molecule has 0 atom stereocenters. The molecular formula is C15H23NO. The molecule has 0 aliphatic heterocycles. The Balaban J connectivity index is 2.44. The van der Waals surface area contributed by atoms with Gasteiger partial charge in [0.25, 0.3) is 0 Å². The summed E-state index contributed by atoms with van der Waals surface area (Å²) in [7, 11) is 0. The van der Waals surface area contributed by atoms with Gasteiger partial charge in [0.1, 0.15) is 0 Å². The van der Waals surface area contributed by atoms with Crippen LogP contribution >= 0.6 is 0 Å². The molecule has 94 valence electrons. The molecule has 0 saturated carbocycles. The maximum atomic E-state index is 9.41. The van der Waals surface area contributed by atoms with Crippen LogP contribution in [0.25, 0.3) is 6.08 Å². The number of rotatable bonds is 7. The van der Waals surface area contributed by atoms with E-state index in [0.29, 0.717) is 0 Å². The van der Waals surface area contributed by atoms with E-state index in [-0.39, 0.29) is 12.1 Å². The smallest absolute Gasteiger partial charge is 0.0613 e. The number of aliphatic hydroxyl groups excluding tert-OH is 1. The van der Waals surface area contributed by atoms with Crippen LogP contribution in [0, 0.1) is 0 Å². The summed E-state index contributed by atoms with van der Waals surface area (Å²) in [5.74, 6) is 0. The molecule has 1 aromatic carbocycles. The Morgan fingerprint density at radius 1 is 1.18 bits per heavy atom. The number of nitrogens with one attached hydrogen (secondary N) is 1. The predicted octanol–water partition coefficient (Wildman–Crippen LogP) is 2.84. The standard InChI is InChI=1S/C15H23NO/c1-3-15(4-2,13-17)16-12-8-11-14-9-6-5-7-10-14/h5-11,16-17H,3-4,12-13H2,1-2H3/b11-8+. The van der Waals surface area contributed by atoms with E-state index in [0.717, 1.165) is 19.4 Å². The predicted molar refractivity (Wildman–Crippen MR) is 73.9 cm³/mol. The van der Waals surface area contributed by atoms with Crippen LogP contribution < -0.4 is 5.32 Å². The molecular weight excluding hydrogens is 210 g/mol. The molecule has 2 N–H and O–H groups in total. The normalized spacial score (nSPS) is 12.2. The monoisotopic (exact) mass is 233 g/mol. The van der Waals surface area contributed by atoms with Crippen LogP contribution in [0.2, 0.25) is 0 Å². The molecule has 1 aromatic rings. The van der Waals surface area contributed by atoms with E-state index >= 15 is 0 Å². The molecule has 0 radical (unpaired) electrons. The Bertz CT molecular complexity index is 320. The molecule has 0 bridgehead atoms. The van der Waals surface area contributed by atoms with Gasteiger partial charge in [-0.3, -0.25) is 0 Å². The van der Waals surface area contributed by atoms with E-state index in [1.807, 2.05) is 18.2 Å². The molecule has 0 heterocycles. The number of aliphatic hydroxyl groups is 1. The molecule has 0 aliphatic carbocycles. The molecule has 0 aliphatic rings. The van der Waals surface area contributed by atoms with Crippen molar-refractivity contribution in [1.29, 1.82) is 0 Å². The highest BCUT2D eigenvalue weighted by molar-refractivity contribution is 5.48. The minimum absolute atomic E-state index is 0.124. The van der Waals surface area contributed by atoms with Crippen molar-refractivity contribution >= 4 is 6.08 Å². The van der Waals surface area contributed by atoms with Crippen molar-refractivity contribution in [2.45, 2.75) is 32.2 Å². The number of hydrogen-bond acceptors (Lipinski definition) is 2. The van der Waals surface area contributed by atoms with E-state index in [1.165, 1.54) is 5.56 Å². The second kappa shape index (κ2) is 7.25. The van der Waals surface area contributed by atoms with E-state index in [2.05, 4.69) is 43.4 Å². The second-order valence-corrected chi connectivity index (χ2v) is 4.34. The van der Waals surface area contributed by atoms with E-state index in [1.54, 1.807) is 0 Å². The van der Waals surface area contributed by atoms with Gasteiger partial charge in [-0.1, -0.05) is 56.3 Å². The minimum Gasteiger partial charge on any atom is -0.394 e. The largest absolute Gasteiger partial charge is 0.394 e. The number of hydrogen-bond donors (Lipinski definition) is 2. The summed E-state index contributed by atoms with van der Waals surface area (Å²) in [4.78, 5) is 0. The van der Waals surface area contributed by atoms with Crippen LogP contribution in [0.15, 0.2) is 36.4 Å². The average Bonchev–Trinajstić information content (AvgIpc) is 2.41. The zero-order valence-corrected chi connectivity index (χ0v) is 10.8. The fraction of sp³-hybridized carbons (Fsp3) is 0.467. The summed E-state index contributed by atoms with van der Waals surface area (Å²) < 4.78 is 0. The van der Waals surface area contributed by atoms with Crippen molar-refractivity contribution in [2.75, 3.05) is 13.2 Å². The highest BCUT2D eigenvalue weighted by Gasteiger charge is 2.23. The first-order valence-electron chi connectivity index (χ1n) is 6.34. The number of benzene rings is 1. The Kier molecular flexibility index (Phi) is 5.95. The molecule has 2 heteroatoms. The fourth-order valence-corrected chi connectivity index (χ4v) is 1.81. The third-order valence-corrected chi connectivity index (χ3v) is 3.36. The molecule has 1 rings (SSSR count). The van der Waals surface area contributed by atoms with E-state index < -0.39 is 0 Å². The van der Waals surface area contributed by atoms with Gasteiger partial charge in [-0.05, 0) is 18.4 Å². The first kappa shape index (κ1) is 13.9. The van der Waals surface area contributed by atoms with Crippen LogP contribution in [0.4, 0.5) is 0 Å². The van der Waals surface area contributed by atoms with Gasteiger partial charge in [0, 0.05) is 12.1 Å². The third kappa shape index (κ3) is 4.33. The molecule has 2 nitrogen and oxygen atoms in total. The summed E-state index contributed by atoms with van der Waals surface area (Å²) in [5, 5.41) is 12.8. The lowest BCUT2D eigenvalue weighted by Gasteiger charge is -2.30. The molecule has 0 spiro atoms. The van der Waals surface area contributed by atoms with Gasteiger partial charge in [-0.25, -0.2) is 0 Å². The maximum absolute atomic E-state index is 9.41. The highest BCUT2D eigenvalue weighted by Crippen LogP contribution is 2.13. The van der Waals surface area contributed by atoms with Gasteiger partial charge in [-0.15, -0.1) is 0 Å². The van der Waals surface area contributed by atoms with Crippen LogP contribution in [-0.2, 0) is 0 Å². The van der Waals surface area contributed by atoms with E-state index in [9.17, 15) is 5.11 Å². The van der Waals surface area contributed by atoms with E-state index in [4.69, 9.17) is 0 Å². The van der Waals surface area contributed by atoms with Crippen molar-refractivity contribution in [3.63, 3.8) is 0 Å². The Morgan fingerprint density at radius 3 is 2.35 bits per heavy atom. The van der Waals surface area contributed by atoms with Crippen molar-refractivity contribution in [3.8, 4) is 0 Å². The van der Waals surface area contributed by atoms with Gasteiger partial charge in [-0.2, -0.15) is 0 Å². The Hall–Kier alpha value is -1.12. The van der Waals surface area contributed by atoms with Gasteiger partial charge >= 0.3 is 0 Å². The summed E-state index contributed by atoms with van der Waals surface area (Å²) in [6, 6.07) is 10.2. The molecule has 17 heavy (non-hydrogen) atoms. The topological polar surface area (TPSA) is 32.3 Å². The zero-order valence-electron chi connectivity index (χ0n) is 10.8. The quantitative estimate of drug-likeness (QED) is 0.759. The van der Waals surface area contributed by atoms with Crippen LogP contribution in [0.5, 0.6) is 0 Å². The van der Waals surface area contributed by atoms with Crippen LogP contribution in [0.3, 0.4) is 0 Å². The summed E-state index contributed by atoms with van der Waals surface area (Å²) in [6.07, 6.45) is 6.09.